The normalized spacial score (nSPS) is 23.9. The fourth-order valence-electron chi connectivity index (χ4n) is 3.48. The van der Waals surface area contributed by atoms with E-state index in [0.29, 0.717) is 32.0 Å². The molecule has 0 bridgehead atoms. The van der Waals surface area contributed by atoms with Crippen LogP contribution in [0.15, 0.2) is 24.3 Å². The summed E-state index contributed by atoms with van der Waals surface area (Å²) in [5.41, 5.74) is 1.00. The summed E-state index contributed by atoms with van der Waals surface area (Å²) in [7, 11) is 0. The summed E-state index contributed by atoms with van der Waals surface area (Å²) in [6, 6.07) is 7.95. The number of rotatable bonds is 6. The van der Waals surface area contributed by atoms with E-state index in [4.69, 9.17) is 4.74 Å². The highest BCUT2D eigenvalue weighted by atomic mass is 16.5. The summed E-state index contributed by atoms with van der Waals surface area (Å²) in [5, 5.41) is 3.11. The second kappa shape index (κ2) is 7.24. The topological polar surface area (TPSA) is 58.6 Å². The van der Waals surface area contributed by atoms with Gasteiger partial charge in [0, 0.05) is 19.0 Å². The fraction of sp³-hybridized carbons (Fsp3) is 0.579. The first-order chi connectivity index (χ1) is 11.6. The molecule has 1 heterocycles. The Kier molecular flexibility index (Phi) is 5.07. The number of benzene rings is 1. The SMILES string of the molecule is CCOc1ccc([C@H]2[C@H](C(=O)NC3CC3)CCC(=O)N2CC)cc1. The van der Waals surface area contributed by atoms with Gasteiger partial charge in [0.1, 0.15) is 5.75 Å². The molecule has 1 saturated carbocycles. The number of carbonyl (C=O) groups excluding carboxylic acids is 2. The molecule has 1 N–H and O–H groups in total. The lowest BCUT2D eigenvalue weighted by Crippen LogP contribution is -2.48. The van der Waals surface area contributed by atoms with Crippen molar-refractivity contribution < 1.29 is 14.3 Å². The van der Waals surface area contributed by atoms with Crippen LogP contribution in [-0.2, 0) is 9.59 Å². The minimum absolute atomic E-state index is 0.0855. The minimum atomic E-state index is -0.189. The highest BCUT2D eigenvalue weighted by Crippen LogP contribution is 2.38. The van der Waals surface area contributed by atoms with Crippen LogP contribution in [0.5, 0.6) is 5.75 Å². The molecule has 1 aliphatic carbocycles. The largest absolute Gasteiger partial charge is 0.494 e. The van der Waals surface area contributed by atoms with Crippen molar-refractivity contribution in [3.8, 4) is 5.75 Å². The zero-order valence-corrected chi connectivity index (χ0v) is 14.5. The summed E-state index contributed by atoms with van der Waals surface area (Å²) in [6.45, 7) is 5.16. The van der Waals surface area contributed by atoms with E-state index in [1.165, 1.54) is 0 Å². The number of piperidine rings is 1. The van der Waals surface area contributed by atoms with Gasteiger partial charge in [-0.05, 0) is 50.8 Å². The molecule has 0 aromatic heterocycles. The van der Waals surface area contributed by atoms with Gasteiger partial charge in [-0.15, -0.1) is 0 Å². The molecule has 3 rings (SSSR count). The number of carbonyl (C=O) groups is 2. The van der Waals surface area contributed by atoms with Crippen molar-refractivity contribution in [1.29, 1.82) is 0 Å². The highest BCUT2D eigenvalue weighted by Gasteiger charge is 2.41. The van der Waals surface area contributed by atoms with E-state index in [1.807, 2.05) is 43.0 Å². The molecule has 1 saturated heterocycles. The van der Waals surface area contributed by atoms with E-state index in [-0.39, 0.29) is 23.8 Å². The Labute approximate surface area is 143 Å². The minimum Gasteiger partial charge on any atom is -0.494 e. The number of hydrogen-bond acceptors (Lipinski definition) is 3. The second-order valence-electron chi connectivity index (χ2n) is 6.55. The van der Waals surface area contributed by atoms with Gasteiger partial charge in [0.25, 0.3) is 0 Å². The van der Waals surface area contributed by atoms with E-state index in [1.54, 1.807) is 0 Å². The van der Waals surface area contributed by atoms with Gasteiger partial charge in [-0.25, -0.2) is 0 Å². The quantitative estimate of drug-likeness (QED) is 0.872. The first-order valence-electron chi connectivity index (χ1n) is 8.96. The van der Waals surface area contributed by atoms with Gasteiger partial charge in [-0.3, -0.25) is 9.59 Å². The van der Waals surface area contributed by atoms with Crippen LogP contribution < -0.4 is 10.1 Å². The van der Waals surface area contributed by atoms with Crippen molar-refractivity contribution in [2.75, 3.05) is 13.2 Å². The number of ether oxygens (including phenoxy) is 1. The Morgan fingerprint density at radius 2 is 1.92 bits per heavy atom. The average molecular weight is 330 g/mol. The molecule has 24 heavy (non-hydrogen) atoms. The predicted octanol–water partition coefficient (Wildman–Crippen LogP) is 2.66. The molecule has 1 aromatic carbocycles. The number of nitrogens with zero attached hydrogens (tertiary/aromatic N) is 1. The van der Waals surface area contributed by atoms with E-state index < -0.39 is 0 Å². The molecule has 130 valence electrons. The highest BCUT2D eigenvalue weighted by molar-refractivity contribution is 5.85. The summed E-state index contributed by atoms with van der Waals surface area (Å²) in [6.07, 6.45) is 3.21. The number of nitrogens with one attached hydrogen (secondary N) is 1. The Morgan fingerprint density at radius 1 is 1.21 bits per heavy atom. The maximum Gasteiger partial charge on any atom is 0.225 e. The zero-order chi connectivity index (χ0) is 17.1. The molecule has 1 aromatic rings. The average Bonchev–Trinajstić information content (AvgIpc) is 3.39. The standard InChI is InChI=1S/C19H26N2O3/c1-3-21-17(22)12-11-16(19(23)20-14-7-8-14)18(21)13-5-9-15(10-6-13)24-4-2/h5-6,9-10,14,16,18H,3-4,7-8,11-12H2,1-2H3,(H,20,23)/t16-,18+/m1/s1. The molecule has 0 unspecified atom stereocenters. The molecular weight excluding hydrogens is 304 g/mol. The third-order valence-electron chi connectivity index (χ3n) is 4.84. The van der Waals surface area contributed by atoms with E-state index >= 15 is 0 Å². The van der Waals surface area contributed by atoms with Gasteiger partial charge in [-0.1, -0.05) is 12.1 Å². The van der Waals surface area contributed by atoms with Gasteiger partial charge >= 0.3 is 0 Å². The third kappa shape index (κ3) is 3.55. The Balaban J connectivity index is 1.86. The maximum atomic E-state index is 12.7. The van der Waals surface area contributed by atoms with Crippen molar-refractivity contribution in [3.63, 3.8) is 0 Å². The van der Waals surface area contributed by atoms with Crippen molar-refractivity contribution in [1.82, 2.24) is 10.2 Å². The van der Waals surface area contributed by atoms with Crippen molar-refractivity contribution in [3.05, 3.63) is 29.8 Å². The van der Waals surface area contributed by atoms with Crippen LogP contribution in [0, 0.1) is 5.92 Å². The van der Waals surface area contributed by atoms with Crippen LogP contribution >= 0.6 is 0 Å². The van der Waals surface area contributed by atoms with Gasteiger partial charge in [0.15, 0.2) is 0 Å². The smallest absolute Gasteiger partial charge is 0.225 e. The number of hydrogen-bond donors (Lipinski definition) is 1. The molecular formula is C19H26N2O3. The van der Waals surface area contributed by atoms with Crippen molar-refractivity contribution in [2.24, 2.45) is 5.92 Å². The number of amides is 2. The molecule has 0 radical (unpaired) electrons. The van der Waals surface area contributed by atoms with Crippen LogP contribution in [0.3, 0.4) is 0 Å². The lowest BCUT2D eigenvalue weighted by Gasteiger charge is -2.40. The van der Waals surface area contributed by atoms with Crippen LogP contribution in [0.2, 0.25) is 0 Å². The fourth-order valence-corrected chi connectivity index (χ4v) is 3.48. The van der Waals surface area contributed by atoms with Gasteiger partial charge in [-0.2, -0.15) is 0 Å². The summed E-state index contributed by atoms with van der Waals surface area (Å²) in [4.78, 5) is 26.9. The Morgan fingerprint density at radius 3 is 2.50 bits per heavy atom. The van der Waals surface area contributed by atoms with Gasteiger partial charge in [0.05, 0.1) is 18.6 Å². The lowest BCUT2D eigenvalue weighted by atomic mass is 9.83. The van der Waals surface area contributed by atoms with E-state index in [9.17, 15) is 9.59 Å². The van der Waals surface area contributed by atoms with Crippen LogP contribution in [-0.4, -0.2) is 35.9 Å². The van der Waals surface area contributed by atoms with Crippen LogP contribution in [0.1, 0.15) is 51.1 Å². The number of likely N-dealkylation sites (tertiary alicyclic amines) is 1. The monoisotopic (exact) mass is 330 g/mol. The summed E-state index contributed by atoms with van der Waals surface area (Å²) in [5.74, 6) is 0.848. The molecule has 5 heteroatoms. The third-order valence-corrected chi connectivity index (χ3v) is 4.84. The van der Waals surface area contributed by atoms with Crippen LogP contribution in [0.4, 0.5) is 0 Å². The van der Waals surface area contributed by atoms with Gasteiger partial charge < -0.3 is 15.0 Å². The van der Waals surface area contributed by atoms with E-state index in [0.717, 1.165) is 24.2 Å². The van der Waals surface area contributed by atoms with Crippen molar-refractivity contribution in [2.45, 2.75) is 51.6 Å². The predicted molar refractivity (Wildman–Crippen MR) is 91.6 cm³/mol. The Bertz CT molecular complexity index is 595. The summed E-state index contributed by atoms with van der Waals surface area (Å²) < 4.78 is 5.50. The summed E-state index contributed by atoms with van der Waals surface area (Å²) >= 11 is 0. The zero-order valence-electron chi connectivity index (χ0n) is 14.5. The molecule has 5 nitrogen and oxygen atoms in total. The van der Waals surface area contributed by atoms with Crippen LogP contribution in [0.25, 0.3) is 0 Å². The van der Waals surface area contributed by atoms with Gasteiger partial charge in [0.2, 0.25) is 11.8 Å². The van der Waals surface area contributed by atoms with Crippen molar-refractivity contribution >= 4 is 11.8 Å². The Hall–Kier alpha value is -2.04. The van der Waals surface area contributed by atoms with E-state index in [2.05, 4.69) is 5.32 Å². The maximum absolute atomic E-state index is 12.7. The molecule has 2 aliphatic rings. The molecule has 1 aliphatic heterocycles. The first kappa shape index (κ1) is 16.8. The molecule has 0 spiro atoms. The molecule has 2 atom stereocenters. The first-order valence-corrected chi connectivity index (χ1v) is 8.96. The molecule has 2 amide bonds. The molecule has 2 fully saturated rings. The lowest BCUT2D eigenvalue weighted by molar-refractivity contribution is -0.143. The second-order valence-corrected chi connectivity index (χ2v) is 6.55.